The van der Waals surface area contributed by atoms with Crippen LogP contribution in [-0.4, -0.2) is 38.3 Å². The van der Waals surface area contributed by atoms with E-state index in [2.05, 4.69) is 15.1 Å². The molecule has 0 aliphatic heterocycles. The number of aromatic nitrogens is 5. The van der Waals surface area contributed by atoms with E-state index in [1.54, 1.807) is 0 Å². The van der Waals surface area contributed by atoms with Crippen LogP contribution in [0.3, 0.4) is 0 Å². The quantitative estimate of drug-likeness (QED) is 0.681. The molecule has 0 atom stereocenters. The van der Waals surface area contributed by atoms with E-state index in [1.165, 1.54) is 25.3 Å². The molecule has 3 aromatic heterocycles. The normalized spacial score (nSPS) is 12.6. The highest BCUT2D eigenvalue weighted by Gasteiger charge is 2.33. The summed E-state index contributed by atoms with van der Waals surface area (Å²) in [5.41, 5.74) is -2.44. The van der Waals surface area contributed by atoms with E-state index >= 15 is 0 Å². The zero-order chi connectivity index (χ0) is 18.4. The number of pyridine rings is 1. The minimum Gasteiger partial charge on any atom is -0.246 e. The Morgan fingerprint density at radius 1 is 1.24 bits per heavy atom. The van der Waals surface area contributed by atoms with Gasteiger partial charge in [-0.25, -0.2) is 27.6 Å². The first-order valence-corrected chi connectivity index (χ1v) is 8.53. The number of hydrogen-bond acceptors (Lipinski definition) is 6. The van der Waals surface area contributed by atoms with Gasteiger partial charge in [0.05, 0.1) is 11.9 Å². The van der Waals surface area contributed by atoms with Crippen LogP contribution >= 0.6 is 0 Å². The number of hydrogen-bond donors (Lipinski definition) is 0. The SMILES string of the molecule is CCS(=O)(=O)c1cccnc1-n1nc2cnc(C(F)(F)F)cn2c1=O. The molecule has 0 saturated carbocycles. The lowest BCUT2D eigenvalue weighted by molar-refractivity contribution is -0.141. The van der Waals surface area contributed by atoms with Crippen molar-refractivity contribution in [3.05, 3.63) is 46.9 Å². The summed E-state index contributed by atoms with van der Waals surface area (Å²) in [5, 5.41) is 3.82. The summed E-state index contributed by atoms with van der Waals surface area (Å²) in [7, 11) is -3.73. The Kier molecular flexibility index (Phi) is 3.86. The summed E-state index contributed by atoms with van der Waals surface area (Å²) in [6, 6.07) is 2.62. The van der Waals surface area contributed by atoms with Gasteiger partial charge in [0, 0.05) is 12.4 Å². The van der Waals surface area contributed by atoms with Gasteiger partial charge in [0.25, 0.3) is 0 Å². The van der Waals surface area contributed by atoms with Crippen LogP contribution in [0.4, 0.5) is 13.2 Å². The van der Waals surface area contributed by atoms with Crippen LogP contribution in [0.15, 0.2) is 40.4 Å². The average molecular weight is 373 g/mol. The first kappa shape index (κ1) is 17.1. The molecule has 25 heavy (non-hydrogen) atoms. The fraction of sp³-hybridized carbons (Fsp3) is 0.231. The molecule has 0 aliphatic carbocycles. The second kappa shape index (κ2) is 5.65. The van der Waals surface area contributed by atoms with Crippen molar-refractivity contribution in [2.75, 3.05) is 5.75 Å². The molecule has 0 fully saturated rings. The second-order valence-electron chi connectivity index (χ2n) is 4.92. The van der Waals surface area contributed by atoms with Crippen molar-refractivity contribution >= 4 is 15.5 Å². The van der Waals surface area contributed by atoms with Crippen molar-refractivity contribution in [1.29, 1.82) is 0 Å². The molecule has 0 spiro atoms. The van der Waals surface area contributed by atoms with Gasteiger partial charge in [-0.3, -0.25) is 0 Å². The summed E-state index contributed by atoms with van der Waals surface area (Å²) in [5.74, 6) is -0.528. The van der Waals surface area contributed by atoms with Crippen molar-refractivity contribution in [3.63, 3.8) is 0 Å². The third-order valence-electron chi connectivity index (χ3n) is 3.36. The lowest BCUT2D eigenvalue weighted by Gasteiger charge is -2.06. The number of rotatable bonds is 3. The van der Waals surface area contributed by atoms with Crippen LogP contribution in [0, 0.1) is 0 Å². The van der Waals surface area contributed by atoms with Crippen molar-refractivity contribution in [1.82, 2.24) is 24.1 Å². The molecule has 0 N–H and O–H groups in total. The maximum Gasteiger partial charge on any atom is 0.434 e. The largest absolute Gasteiger partial charge is 0.434 e. The van der Waals surface area contributed by atoms with E-state index in [0.717, 1.165) is 6.20 Å². The third kappa shape index (κ3) is 2.88. The Morgan fingerprint density at radius 2 is 1.96 bits per heavy atom. The van der Waals surface area contributed by atoms with E-state index in [4.69, 9.17) is 0 Å². The molecule has 0 saturated heterocycles. The van der Waals surface area contributed by atoms with Gasteiger partial charge in [-0.2, -0.15) is 17.9 Å². The van der Waals surface area contributed by atoms with Gasteiger partial charge in [-0.05, 0) is 12.1 Å². The van der Waals surface area contributed by atoms with E-state index in [0.29, 0.717) is 15.3 Å². The van der Waals surface area contributed by atoms with Crippen LogP contribution in [0.5, 0.6) is 0 Å². The van der Waals surface area contributed by atoms with Crippen LogP contribution in [0.1, 0.15) is 12.6 Å². The number of sulfone groups is 1. The molecule has 0 aromatic carbocycles. The number of halogens is 3. The first-order valence-electron chi connectivity index (χ1n) is 6.88. The highest BCUT2D eigenvalue weighted by atomic mass is 32.2. The second-order valence-corrected chi connectivity index (χ2v) is 7.17. The van der Waals surface area contributed by atoms with Crippen molar-refractivity contribution < 1.29 is 21.6 Å². The molecule has 3 heterocycles. The molecule has 3 aromatic rings. The minimum absolute atomic E-state index is 0.177. The van der Waals surface area contributed by atoms with E-state index in [1.807, 2.05) is 0 Å². The van der Waals surface area contributed by atoms with Gasteiger partial charge >= 0.3 is 11.9 Å². The molecule has 0 amide bonds. The Morgan fingerprint density at radius 3 is 2.60 bits per heavy atom. The van der Waals surface area contributed by atoms with Gasteiger partial charge in [0.15, 0.2) is 27.0 Å². The number of fused-ring (bicyclic) bond motifs is 1. The van der Waals surface area contributed by atoms with Crippen molar-refractivity contribution in [2.24, 2.45) is 0 Å². The Balaban J connectivity index is 2.29. The van der Waals surface area contributed by atoms with E-state index in [-0.39, 0.29) is 22.1 Å². The highest BCUT2D eigenvalue weighted by Crippen LogP contribution is 2.27. The number of nitrogens with zero attached hydrogens (tertiary/aromatic N) is 5. The zero-order valence-corrected chi connectivity index (χ0v) is 13.4. The predicted octanol–water partition coefficient (Wildman–Crippen LogP) is 1.09. The minimum atomic E-state index is -4.74. The summed E-state index contributed by atoms with van der Waals surface area (Å²) in [6.07, 6.45) is -2.22. The molecule has 0 radical (unpaired) electrons. The molecule has 0 bridgehead atoms. The molecular weight excluding hydrogens is 363 g/mol. The topological polar surface area (TPSA) is 99.2 Å². The summed E-state index contributed by atoms with van der Waals surface area (Å²) >= 11 is 0. The van der Waals surface area contributed by atoms with Gasteiger partial charge in [-0.15, -0.1) is 5.10 Å². The molecule has 12 heteroatoms. The Hall–Kier alpha value is -2.76. The molecule has 3 rings (SSSR count). The van der Waals surface area contributed by atoms with E-state index < -0.39 is 27.4 Å². The zero-order valence-electron chi connectivity index (χ0n) is 12.6. The number of alkyl halides is 3. The Bertz CT molecular complexity index is 1120. The molecule has 0 unspecified atom stereocenters. The molecule has 132 valence electrons. The van der Waals surface area contributed by atoms with Crippen LogP contribution < -0.4 is 5.69 Å². The van der Waals surface area contributed by atoms with Gasteiger partial charge in [0.1, 0.15) is 4.90 Å². The third-order valence-corrected chi connectivity index (χ3v) is 5.11. The fourth-order valence-electron chi connectivity index (χ4n) is 2.11. The first-order chi connectivity index (χ1) is 11.6. The van der Waals surface area contributed by atoms with E-state index in [9.17, 15) is 26.4 Å². The smallest absolute Gasteiger partial charge is 0.246 e. The van der Waals surface area contributed by atoms with Gasteiger partial charge in [0.2, 0.25) is 0 Å². The summed E-state index contributed by atoms with van der Waals surface area (Å²) < 4.78 is 63.8. The maximum atomic E-state index is 12.7. The predicted molar refractivity (Wildman–Crippen MR) is 79.1 cm³/mol. The maximum absolute atomic E-state index is 12.7. The standard InChI is InChI=1S/C13H10F3N5O3S/c1-2-25(23,24)8-4-3-5-17-11(8)21-12(22)20-7-9(13(14,15)16)18-6-10(20)19-21/h3-7H,2H2,1H3. The van der Waals surface area contributed by atoms with Gasteiger partial charge in [-0.1, -0.05) is 6.92 Å². The lowest BCUT2D eigenvalue weighted by Crippen LogP contribution is -2.23. The summed E-state index contributed by atoms with van der Waals surface area (Å²) in [6.45, 7) is 1.41. The van der Waals surface area contributed by atoms with Crippen LogP contribution in [0.25, 0.3) is 11.5 Å². The molecule has 0 aliphatic rings. The highest BCUT2D eigenvalue weighted by molar-refractivity contribution is 7.91. The average Bonchev–Trinajstić information content (AvgIpc) is 2.90. The van der Waals surface area contributed by atoms with Crippen molar-refractivity contribution in [3.8, 4) is 5.82 Å². The van der Waals surface area contributed by atoms with Crippen LogP contribution in [-0.2, 0) is 16.0 Å². The molecular formula is C13H10F3N5O3S. The van der Waals surface area contributed by atoms with Gasteiger partial charge < -0.3 is 0 Å². The molecule has 8 nitrogen and oxygen atoms in total. The monoisotopic (exact) mass is 373 g/mol. The van der Waals surface area contributed by atoms with Crippen LogP contribution in [0.2, 0.25) is 0 Å². The van der Waals surface area contributed by atoms with Crippen molar-refractivity contribution in [2.45, 2.75) is 18.0 Å². The summed E-state index contributed by atoms with van der Waals surface area (Å²) in [4.78, 5) is 19.2. The fourth-order valence-corrected chi connectivity index (χ4v) is 3.12. The Labute approximate surface area is 138 Å². The lowest BCUT2D eigenvalue weighted by atomic mass is 10.4.